The first-order valence-corrected chi connectivity index (χ1v) is 22.2. The first kappa shape index (κ1) is 39.8. The summed E-state index contributed by atoms with van der Waals surface area (Å²) in [6.45, 7) is -0.0180. The second-order valence-electron chi connectivity index (χ2n) is 16.4. The van der Waals surface area contributed by atoms with Crippen molar-refractivity contribution in [1.82, 2.24) is 19.9 Å². The van der Waals surface area contributed by atoms with E-state index in [0.717, 1.165) is 63.2 Å². The number of halogens is 1. The van der Waals surface area contributed by atoms with Gasteiger partial charge in [-0.25, -0.2) is 22.6 Å². The Labute approximate surface area is 335 Å². The van der Waals surface area contributed by atoms with Crippen molar-refractivity contribution in [1.29, 1.82) is 0 Å². The molecule has 14 nitrogen and oxygen atoms in total. The van der Waals surface area contributed by atoms with Crippen molar-refractivity contribution in [2.45, 2.75) is 126 Å². The fourth-order valence-electron chi connectivity index (χ4n) is 8.65. The number of sulfonamides is 1. The van der Waals surface area contributed by atoms with E-state index in [1.807, 2.05) is 18.2 Å². The number of rotatable bonds is 17. The van der Waals surface area contributed by atoms with Gasteiger partial charge >= 0.3 is 6.09 Å². The molecule has 4 aliphatic rings. The summed E-state index contributed by atoms with van der Waals surface area (Å²) in [5.74, 6) is -1.87. The molecule has 310 valence electrons. The summed E-state index contributed by atoms with van der Waals surface area (Å²) in [5.41, 5.74) is 7.78. The van der Waals surface area contributed by atoms with Gasteiger partial charge in [0.15, 0.2) is 11.3 Å². The van der Waals surface area contributed by atoms with Gasteiger partial charge in [-0.05, 0) is 94.0 Å². The second-order valence-corrected chi connectivity index (χ2v) is 18.4. The number of fused-ring (bicyclic) bond motifs is 4. The molecule has 16 heteroatoms. The van der Waals surface area contributed by atoms with Gasteiger partial charge in [0.25, 0.3) is 0 Å². The Morgan fingerprint density at radius 3 is 2.48 bits per heavy atom. The molecule has 0 spiro atoms. The fraction of sp³-hybridized carbons (Fsp3) is 0.548. The van der Waals surface area contributed by atoms with Gasteiger partial charge in [-0.15, -0.1) is 0 Å². The van der Waals surface area contributed by atoms with Crippen LogP contribution in [0.2, 0.25) is 0 Å². The number of carbonyl (C=O) groups is 4. The van der Waals surface area contributed by atoms with Gasteiger partial charge < -0.3 is 29.8 Å². The number of likely N-dealkylation sites (tertiary alicyclic amines) is 1. The zero-order valence-electron chi connectivity index (χ0n) is 32.3. The number of alkyl carbamates (subject to hydrolysis) is 1. The van der Waals surface area contributed by atoms with Crippen LogP contribution >= 0.6 is 0 Å². The normalized spacial score (nSPS) is 22.7. The molecule has 3 aliphatic carbocycles. The zero-order chi connectivity index (χ0) is 40.6. The number of carbonyl (C=O) groups excluding carboxylic acids is 4. The van der Waals surface area contributed by atoms with Crippen molar-refractivity contribution >= 4 is 66.8 Å². The Morgan fingerprint density at radius 2 is 1.71 bits per heavy atom. The summed E-state index contributed by atoms with van der Waals surface area (Å²) in [4.78, 5) is 58.8. The van der Waals surface area contributed by atoms with Crippen LogP contribution in [0, 0.1) is 17.7 Å². The average molecular weight is 820 g/mol. The third kappa shape index (κ3) is 8.86. The molecule has 2 aromatic carbocycles. The monoisotopic (exact) mass is 819 g/mol. The van der Waals surface area contributed by atoms with E-state index in [2.05, 4.69) is 10.0 Å². The summed E-state index contributed by atoms with van der Waals surface area (Å²) in [6, 6.07) is 9.56. The zero-order valence-corrected chi connectivity index (χ0v) is 33.1. The van der Waals surface area contributed by atoms with Crippen LogP contribution in [0.25, 0.3) is 33.0 Å². The molecule has 1 saturated heterocycles. The molecule has 3 saturated carbocycles. The Hall–Kier alpha value is -4.99. The van der Waals surface area contributed by atoms with E-state index in [1.165, 1.54) is 17.0 Å². The molecule has 0 bridgehead atoms. The number of unbranched alkanes of at least 4 members (excludes halogenated alkanes) is 4. The lowest BCUT2D eigenvalue weighted by Crippen LogP contribution is -2.53. The first-order valence-electron chi connectivity index (χ1n) is 20.6. The minimum Gasteiger partial charge on any atom is -0.484 e. The summed E-state index contributed by atoms with van der Waals surface area (Å²) in [5, 5.41) is 3.50. The van der Waals surface area contributed by atoms with Crippen LogP contribution in [0.4, 0.5) is 9.18 Å². The van der Waals surface area contributed by atoms with Crippen molar-refractivity contribution < 1.29 is 45.9 Å². The van der Waals surface area contributed by atoms with Gasteiger partial charge in [-0.3, -0.25) is 19.1 Å². The van der Waals surface area contributed by atoms with Crippen LogP contribution < -0.4 is 20.5 Å². The second kappa shape index (κ2) is 16.7. The number of benzene rings is 2. The number of furan rings is 1. The lowest BCUT2D eigenvalue weighted by Gasteiger charge is -2.28. The van der Waals surface area contributed by atoms with Crippen molar-refractivity contribution in [3.8, 4) is 5.75 Å². The van der Waals surface area contributed by atoms with Crippen LogP contribution in [0.15, 0.2) is 46.9 Å². The topological polar surface area (TPSA) is 200 Å². The quantitative estimate of drug-likeness (QED) is 0.104. The number of aromatic nitrogens is 1. The highest BCUT2D eigenvalue weighted by molar-refractivity contribution is 7.90. The molecule has 8 rings (SSSR count). The SMILES string of the molecule is NC(=O)[C@@H]1C[C@@H](Oc2c3cc(F)ccc3nc3c2oc2ccccc23)CN1C(=O)[C@H](CCCCCCC[C@@H]1C[C@@H]1C(=O)NS(=O)(=O)C1CC1)NC(=O)OC1CCCC1. The number of amides is 4. The summed E-state index contributed by atoms with van der Waals surface area (Å²) >= 11 is 0. The van der Waals surface area contributed by atoms with E-state index < -0.39 is 57.2 Å². The van der Waals surface area contributed by atoms with Crippen molar-refractivity contribution in [2.75, 3.05) is 6.54 Å². The van der Waals surface area contributed by atoms with Crippen molar-refractivity contribution in [2.24, 2.45) is 17.6 Å². The summed E-state index contributed by atoms with van der Waals surface area (Å²) in [7, 11) is -3.53. The minimum atomic E-state index is -3.53. The molecule has 5 atom stereocenters. The van der Waals surface area contributed by atoms with E-state index >= 15 is 0 Å². The van der Waals surface area contributed by atoms with Crippen LogP contribution in [0.1, 0.15) is 96.3 Å². The molecule has 0 radical (unpaired) electrons. The molecular weight excluding hydrogens is 770 g/mol. The van der Waals surface area contributed by atoms with Crippen molar-refractivity contribution in [3.05, 3.63) is 48.3 Å². The van der Waals surface area contributed by atoms with Gasteiger partial charge in [0, 0.05) is 23.1 Å². The maximum atomic E-state index is 14.6. The molecule has 4 amide bonds. The van der Waals surface area contributed by atoms with Crippen LogP contribution in [-0.2, 0) is 29.1 Å². The molecule has 4 aromatic rings. The number of nitrogens with one attached hydrogen (secondary N) is 2. The smallest absolute Gasteiger partial charge is 0.408 e. The minimum absolute atomic E-state index is 0.0180. The van der Waals surface area contributed by atoms with E-state index in [4.69, 9.17) is 24.6 Å². The number of hydrogen-bond acceptors (Lipinski definition) is 10. The lowest BCUT2D eigenvalue weighted by molar-refractivity contribution is -0.139. The number of pyridine rings is 1. The molecule has 58 heavy (non-hydrogen) atoms. The van der Waals surface area contributed by atoms with Gasteiger partial charge in [-0.1, -0.05) is 44.2 Å². The van der Waals surface area contributed by atoms with Gasteiger partial charge in [0.05, 0.1) is 17.3 Å². The van der Waals surface area contributed by atoms with Crippen LogP contribution in [-0.4, -0.2) is 78.2 Å². The van der Waals surface area contributed by atoms with Gasteiger partial charge in [0.2, 0.25) is 27.7 Å². The number of hydrogen-bond donors (Lipinski definition) is 3. The van der Waals surface area contributed by atoms with E-state index in [9.17, 15) is 32.0 Å². The van der Waals surface area contributed by atoms with Crippen LogP contribution in [0.5, 0.6) is 5.75 Å². The molecule has 1 aliphatic heterocycles. The molecule has 4 N–H and O–H groups in total. The third-order valence-electron chi connectivity index (χ3n) is 12.1. The predicted molar refractivity (Wildman–Crippen MR) is 212 cm³/mol. The number of nitrogens with zero attached hydrogens (tertiary/aromatic N) is 2. The third-order valence-corrected chi connectivity index (χ3v) is 13.9. The summed E-state index contributed by atoms with van der Waals surface area (Å²) in [6.07, 6.45) is 9.03. The van der Waals surface area contributed by atoms with E-state index in [1.54, 1.807) is 12.1 Å². The van der Waals surface area contributed by atoms with Gasteiger partial charge in [-0.2, -0.15) is 0 Å². The number of nitrogens with two attached hydrogens (primary N) is 1. The van der Waals surface area contributed by atoms with E-state index in [-0.39, 0.29) is 42.6 Å². The summed E-state index contributed by atoms with van der Waals surface area (Å²) < 4.78 is 59.5. The fourth-order valence-corrected chi connectivity index (χ4v) is 10.0. The first-order chi connectivity index (χ1) is 27.9. The Kier molecular flexibility index (Phi) is 11.5. The number of para-hydroxylation sites is 1. The van der Waals surface area contributed by atoms with Gasteiger partial charge in [0.1, 0.15) is 41.2 Å². The lowest BCUT2D eigenvalue weighted by atomic mass is 10.0. The number of ether oxygens (including phenoxy) is 2. The highest BCUT2D eigenvalue weighted by atomic mass is 32.2. The molecular formula is C42H50FN5O9S. The maximum Gasteiger partial charge on any atom is 0.408 e. The van der Waals surface area contributed by atoms with Crippen LogP contribution in [0.3, 0.4) is 0 Å². The highest BCUT2D eigenvalue weighted by Gasteiger charge is 2.46. The molecule has 2 aromatic heterocycles. The van der Waals surface area contributed by atoms with Crippen molar-refractivity contribution in [3.63, 3.8) is 0 Å². The molecule has 0 unspecified atom stereocenters. The average Bonchev–Trinajstić information content (AvgIpc) is 4.06. The predicted octanol–water partition coefficient (Wildman–Crippen LogP) is 6.12. The largest absolute Gasteiger partial charge is 0.484 e. The van der Waals surface area contributed by atoms with E-state index in [0.29, 0.717) is 59.7 Å². The Bertz CT molecular complexity index is 2330. The molecule has 4 fully saturated rings. The highest BCUT2D eigenvalue weighted by Crippen LogP contribution is 2.43. The molecule has 3 heterocycles. The number of primary amides is 1. The standard InChI is InChI=1S/C42H50FN5O9S/c43-25-16-19-32-31(21-25)37(38-36(45-32)29-13-8-9-15-35(29)57-38)55-27-22-34(39(44)49)48(23-27)41(51)33(46-42(52)56-26-11-6-7-12-26)14-5-3-1-2-4-10-24-20-30(24)40(50)47-58(53,54)28-17-18-28/h8-9,13,15-16,19,21,24,26-28,30,33-34H,1-7,10-12,14,17-18,20,22-23H2,(H2,44,49)(H,46,52)(H,47,50)/t24-,27-,30+,33+,34+/m1/s1. The Morgan fingerprint density at radius 1 is 0.948 bits per heavy atom. The maximum absolute atomic E-state index is 14.6. The Balaban J connectivity index is 0.906.